The minimum absolute atomic E-state index is 0.0687. The highest BCUT2D eigenvalue weighted by Crippen LogP contribution is 2.39. The van der Waals surface area contributed by atoms with E-state index in [0.29, 0.717) is 10.9 Å². The monoisotopic (exact) mass is 372 g/mol. The summed E-state index contributed by atoms with van der Waals surface area (Å²) in [5.41, 5.74) is 1.63. The summed E-state index contributed by atoms with van der Waals surface area (Å²) in [5.74, 6) is 2.29. The first-order valence-electron chi connectivity index (χ1n) is 8.49. The summed E-state index contributed by atoms with van der Waals surface area (Å²) in [6.07, 6.45) is 0.811. The van der Waals surface area contributed by atoms with Gasteiger partial charge in [0.15, 0.2) is 5.11 Å². The summed E-state index contributed by atoms with van der Waals surface area (Å²) >= 11 is 5.54. The minimum Gasteiger partial charge on any atom is -0.497 e. The van der Waals surface area contributed by atoms with E-state index in [-0.39, 0.29) is 11.6 Å². The van der Waals surface area contributed by atoms with Gasteiger partial charge in [-0.1, -0.05) is 18.2 Å². The van der Waals surface area contributed by atoms with Gasteiger partial charge in [-0.2, -0.15) is 0 Å². The topological polar surface area (TPSA) is 51.8 Å². The zero-order valence-electron chi connectivity index (χ0n) is 15.5. The Morgan fingerprint density at radius 3 is 2.65 bits per heavy atom. The lowest BCUT2D eigenvalue weighted by molar-refractivity contribution is 0.0697. The van der Waals surface area contributed by atoms with Gasteiger partial charge in [-0.05, 0) is 44.3 Å². The molecule has 0 unspecified atom stereocenters. The number of nitrogens with one attached hydrogen (secondary N) is 2. The Hall–Kier alpha value is -2.47. The average molecular weight is 372 g/mol. The molecular weight excluding hydrogens is 348 g/mol. The Morgan fingerprint density at radius 1 is 1.15 bits per heavy atom. The maximum atomic E-state index is 6.07. The highest BCUT2D eigenvalue weighted by molar-refractivity contribution is 7.80. The van der Waals surface area contributed by atoms with Gasteiger partial charge in [0.2, 0.25) is 0 Å². The molecular formula is C20H24N2O3S. The Kier molecular flexibility index (Phi) is 5.23. The second-order valence-electron chi connectivity index (χ2n) is 6.82. The molecule has 0 aliphatic carbocycles. The van der Waals surface area contributed by atoms with Gasteiger partial charge in [-0.3, -0.25) is 0 Å². The lowest BCUT2D eigenvalue weighted by atomic mass is 9.90. The molecule has 2 aromatic rings. The van der Waals surface area contributed by atoms with Crippen LogP contribution in [0.1, 0.15) is 31.9 Å². The summed E-state index contributed by atoms with van der Waals surface area (Å²) in [4.78, 5) is 0. The Balaban J connectivity index is 1.76. The number of hydrogen-bond acceptors (Lipinski definition) is 4. The fourth-order valence-corrected chi connectivity index (χ4v) is 3.40. The van der Waals surface area contributed by atoms with Crippen LogP contribution in [0.25, 0.3) is 0 Å². The molecule has 0 spiro atoms. The zero-order chi connectivity index (χ0) is 18.7. The SMILES string of the molecule is COc1ccc(NC(=S)N[C@@H]2CC(C)(C)Oc3ccccc32)c(OC)c1. The molecule has 3 rings (SSSR count). The van der Waals surface area contributed by atoms with Crippen molar-refractivity contribution in [2.45, 2.75) is 31.9 Å². The summed E-state index contributed by atoms with van der Waals surface area (Å²) in [6.45, 7) is 4.17. The maximum absolute atomic E-state index is 6.07. The molecule has 1 atom stereocenters. The Labute approximate surface area is 159 Å². The number of hydrogen-bond donors (Lipinski definition) is 2. The van der Waals surface area contributed by atoms with Crippen molar-refractivity contribution in [3.05, 3.63) is 48.0 Å². The van der Waals surface area contributed by atoms with Gasteiger partial charge >= 0.3 is 0 Å². The maximum Gasteiger partial charge on any atom is 0.171 e. The molecule has 2 N–H and O–H groups in total. The number of fused-ring (bicyclic) bond motifs is 1. The van der Waals surface area contributed by atoms with Crippen molar-refractivity contribution in [3.8, 4) is 17.2 Å². The number of para-hydroxylation sites is 1. The van der Waals surface area contributed by atoms with E-state index in [1.165, 1.54) is 0 Å². The lowest BCUT2D eigenvalue weighted by Gasteiger charge is -2.38. The number of anilines is 1. The first kappa shape index (κ1) is 18.3. The van der Waals surface area contributed by atoms with Crippen LogP contribution in [0.5, 0.6) is 17.2 Å². The molecule has 0 bridgehead atoms. The zero-order valence-corrected chi connectivity index (χ0v) is 16.3. The molecule has 6 heteroatoms. The van der Waals surface area contributed by atoms with E-state index in [4.69, 9.17) is 26.4 Å². The van der Waals surface area contributed by atoms with Crippen molar-refractivity contribution in [1.29, 1.82) is 0 Å². The molecule has 0 amide bonds. The molecule has 0 saturated carbocycles. The van der Waals surface area contributed by atoms with E-state index in [1.807, 2.05) is 36.4 Å². The first-order chi connectivity index (χ1) is 12.4. The van der Waals surface area contributed by atoms with Gasteiger partial charge < -0.3 is 24.8 Å². The number of thiocarbonyl (C=S) groups is 1. The fourth-order valence-electron chi connectivity index (χ4n) is 3.15. The quantitative estimate of drug-likeness (QED) is 0.781. The molecule has 0 aromatic heterocycles. The fraction of sp³-hybridized carbons (Fsp3) is 0.350. The minimum atomic E-state index is -0.264. The molecule has 1 heterocycles. The number of benzene rings is 2. The predicted molar refractivity (Wildman–Crippen MR) is 107 cm³/mol. The highest BCUT2D eigenvalue weighted by Gasteiger charge is 2.33. The smallest absolute Gasteiger partial charge is 0.171 e. The normalized spacial score (nSPS) is 17.5. The number of rotatable bonds is 4. The van der Waals surface area contributed by atoms with Gasteiger partial charge in [0.05, 0.1) is 25.9 Å². The molecule has 1 aliphatic rings. The van der Waals surface area contributed by atoms with E-state index < -0.39 is 0 Å². The third-order valence-corrected chi connectivity index (χ3v) is 4.56. The molecule has 2 aromatic carbocycles. The molecule has 5 nitrogen and oxygen atoms in total. The molecule has 1 aliphatic heterocycles. The third kappa shape index (κ3) is 4.02. The molecule has 26 heavy (non-hydrogen) atoms. The van der Waals surface area contributed by atoms with Crippen LogP contribution >= 0.6 is 12.2 Å². The van der Waals surface area contributed by atoms with Gasteiger partial charge in [0, 0.05) is 18.1 Å². The second kappa shape index (κ2) is 7.41. The van der Waals surface area contributed by atoms with Gasteiger partial charge in [-0.25, -0.2) is 0 Å². The predicted octanol–water partition coefficient (Wildman–Crippen LogP) is 4.29. The van der Waals surface area contributed by atoms with Crippen molar-refractivity contribution >= 4 is 23.0 Å². The number of methoxy groups -OCH3 is 2. The Morgan fingerprint density at radius 2 is 1.92 bits per heavy atom. The van der Waals surface area contributed by atoms with Gasteiger partial charge in [-0.15, -0.1) is 0 Å². The van der Waals surface area contributed by atoms with Crippen molar-refractivity contribution in [3.63, 3.8) is 0 Å². The van der Waals surface area contributed by atoms with Crippen molar-refractivity contribution in [1.82, 2.24) is 5.32 Å². The average Bonchev–Trinajstić information content (AvgIpc) is 2.61. The highest BCUT2D eigenvalue weighted by atomic mass is 32.1. The molecule has 0 fully saturated rings. The molecule has 0 radical (unpaired) electrons. The largest absolute Gasteiger partial charge is 0.497 e. The van der Waals surface area contributed by atoms with Crippen LogP contribution in [0.3, 0.4) is 0 Å². The van der Waals surface area contributed by atoms with E-state index in [2.05, 4.69) is 30.5 Å². The first-order valence-corrected chi connectivity index (χ1v) is 8.90. The standard InChI is InChI=1S/C20H24N2O3S/c1-20(2)12-16(14-7-5-6-8-17(14)25-20)22-19(26)21-15-10-9-13(23-3)11-18(15)24-4/h5-11,16H,12H2,1-4H3,(H2,21,22,26)/t16-/m1/s1. The van der Waals surface area contributed by atoms with Crippen molar-refractivity contribution < 1.29 is 14.2 Å². The van der Waals surface area contributed by atoms with E-state index in [9.17, 15) is 0 Å². The van der Waals surface area contributed by atoms with Crippen LogP contribution < -0.4 is 24.8 Å². The van der Waals surface area contributed by atoms with Crippen LogP contribution in [0, 0.1) is 0 Å². The van der Waals surface area contributed by atoms with Crippen molar-refractivity contribution in [2.24, 2.45) is 0 Å². The third-order valence-electron chi connectivity index (χ3n) is 4.34. The van der Waals surface area contributed by atoms with Gasteiger partial charge in [0.25, 0.3) is 0 Å². The summed E-state index contributed by atoms with van der Waals surface area (Å²) in [5, 5.41) is 7.16. The van der Waals surface area contributed by atoms with Crippen LogP contribution in [0.15, 0.2) is 42.5 Å². The van der Waals surface area contributed by atoms with Crippen LogP contribution in [-0.2, 0) is 0 Å². The van der Waals surface area contributed by atoms with Gasteiger partial charge in [0.1, 0.15) is 22.8 Å². The van der Waals surface area contributed by atoms with E-state index in [0.717, 1.165) is 29.2 Å². The molecule has 0 saturated heterocycles. The Bertz CT molecular complexity index is 807. The van der Waals surface area contributed by atoms with Crippen LogP contribution in [0.2, 0.25) is 0 Å². The van der Waals surface area contributed by atoms with E-state index in [1.54, 1.807) is 14.2 Å². The van der Waals surface area contributed by atoms with Crippen LogP contribution in [-0.4, -0.2) is 24.9 Å². The second-order valence-corrected chi connectivity index (χ2v) is 7.23. The lowest BCUT2D eigenvalue weighted by Crippen LogP contribution is -2.42. The van der Waals surface area contributed by atoms with Crippen LogP contribution in [0.4, 0.5) is 5.69 Å². The summed E-state index contributed by atoms with van der Waals surface area (Å²) < 4.78 is 16.7. The summed E-state index contributed by atoms with van der Waals surface area (Å²) in [7, 11) is 3.24. The van der Waals surface area contributed by atoms with E-state index >= 15 is 0 Å². The summed E-state index contributed by atoms with van der Waals surface area (Å²) in [6, 6.07) is 13.7. The molecule has 138 valence electrons. The number of ether oxygens (including phenoxy) is 3. The van der Waals surface area contributed by atoms with Crippen molar-refractivity contribution in [2.75, 3.05) is 19.5 Å².